The second-order valence-electron chi connectivity index (χ2n) is 9.69. The van der Waals surface area contributed by atoms with Crippen molar-refractivity contribution in [2.45, 2.75) is 70.0 Å². The van der Waals surface area contributed by atoms with Gasteiger partial charge in [-0.05, 0) is 62.6 Å². The van der Waals surface area contributed by atoms with Gasteiger partial charge in [-0.15, -0.1) is 0 Å². The number of amides is 2. The lowest BCUT2D eigenvalue weighted by atomic mass is 9.92. The van der Waals surface area contributed by atoms with E-state index in [1.807, 2.05) is 4.90 Å². The Hall–Kier alpha value is -2.67. The molecule has 1 aromatic carbocycles. The molecule has 170 valence electrons. The van der Waals surface area contributed by atoms with Crippen molar-refractivity contribution in [1.82, 2.24) is 20.7 Å². The van der Waals surface area contributed by atoms with E-state index < -0.39 is 0 Å². The monoisotopic (exact) mass is 436 g/mol. The van der Waals surface area contributed by atoms with Gasteiger partial charge in [0.05, 0.1) is 0 Å². The Morgan fingerprint density at radius 2 is 2.03 bits per heavy atom. The van der Waals surface area contributed by atoms with Crippen LogP contribution in [0.5, 0.6) is 0 Å². The van der Waals surface area contributed by atoms with Crippen LogP contribution in [0.4, 0.5) is 0 Å². The highest BCUT2D eigenvalue weighted by Crippen LogP contribution is 2.40. The van der Waals surface area contributed by atoms with E-state index in [2.05, 4.69) is 47.0 Å². The van der Waals surface area contributed by atoms with Crippen molar-refractivity contribution >= 4 is 11.8 Å². The van der Waals surface area contributed by atoms with Crippen molar-refractivity contribution in [1.29, 1.82) is 0 Å². The van der Waals surface area contributed by atoms with Gasteiger partial charge in [0.15, 0.2) is 5.69 Å². The second-order valence-corrected chi connectivity index (χ2v) is 9.69. The predicted molar refractivity (Wildman–Crippen MR) is 120 cm³/mol. The molecule has 3 atom stereocenters. The van der Waals surface area contributed by atoms with E-state index in [1.165, 1.54) is 11.1 Å². The number of hydrogen-bond donors (Lipinski definition) is 2. The fraction of sp³-hybridized carbons (Fsp3) is 0.560. The maximum Gasteiger partial charge on any atom is 0.273 e. The number of aromatic nitrogens is 1. The van der Waals surface area contributed by atoms with Crippen LogP contribution in [0.2, 0.25) is 0 Å². The summed E-state index contributed by atoms with van der Waals surface area (Å²) < 4.78 is 5.30. The molecule has 7 nitrogen and oxygen atoms in total. The van der Waals surface area contributed by atoms with Crippen LogP contribution in [0.3, 0.4) is 0 Å². The lowest BCUT2D eigenvalue weighted by molar-refractivity contribution is -0.135. The van der Waals surface area contributed by atoms with E-state index >= 15 is 0 Å². The SMILES string of the molecule is C[C@H]1C[C@H](NC(=O)c2cc(C3CC3)on2)CCN1C(=O)CC1CNCc2ccccc2C1. The number of nitrogens with zero attached hydrogens (tertiary/aromatic N) is 2. The molecule has 1 aromatic heterocycles. The fourth-order valence-electron chi connectivity index (χ4n) is 5.12. The minimum absolute atomic E-state index is 0.0500. The topological polar surface area (TPSA) is 87.5 Å². The molecule has 1 saturated heterocycles. The van der Waals surface area contributed by atoms with E-state index in [9.17, 15) is 9.59 Å². The first-order valence-corrected chi connectivity index (χ1v) is 11.9. The summed E-state index contributed by atoms with van der Waals surface area (Å²) >= 11 is 0. The van der Waals surface area contributed by atoms with Gasteiger partial charge in [0.1, 0.15) is 5.76 Å². The molecule has 1 aliphatic carbocycles. The van der Waals surface area contributed by atoms with Crippen molar-refractivity contribution in [3.05, 3.63) is 52.9 Å². The summed E-state index contributed by atoms with van der Waals surface area (Å²) in [4.78, 5) is 27.7. The fourth-order valence-corrected chi connectivity index (χ4v) is 5.12. The average Bonchev–Trinajstić information content (AvgIpc) is 3.54. The van der Waals surface area contributed by atoms with E-state index in [4.69, 9.17) is 4.52 Å². The van der Waals surface area contributed by atoms with Crippen LogP contribution in [0, 0.1) is 5.92 Å². The highest BCUT2D eigenvalue weighted by molar-refractivity contribution is 5.92. The van der Waals surface area contributed by atoms with Crippen LogP contribution >= 0.6 is 0 Å². The third kappa shape index (κ3) is 4.72. The number of hydrogen-bond acceptors (Lipinski definition) is 5. The van der Waals surface area contributed by atoms with Crippen molar-refractivity contribution in [2.24, 2.45) is 5.92 Å². The van der Waals surface area contributed by atoms with Gasteiger partial charge in [0.2, 0.25) is 5.91 Å². The third-order valence-corrected chi connectivity index (χ3v) is 7.11. The van der Waals surface area contributed by atoms with E-state index in [0.717, 1.165) is 51.0 Å². The number of rotatable bonds is 5. The zero-order valence-electron chi connectivity index (χ0n) is 18.7. The number of fused-ring (bicyclic) bond motifs is 1. The summed E-state index contributed by atoms with van der Waals surface area (Å²) in [7, 11) is 0. The Labute approximate surface area is 188 Å². The molecule has 3 aliphatic rings. The number of carbonyl (C=O) groups excluding carboxylic acids is 2. The second kappa shape index (κ2) is 9.06. The number of likely N-dealkylation sites (tertiary alicyclic amines) is 1. The van der Waals surface area contributed by atoms with E-state index in [0.29, 0.717) is 30.5 Å². The van der Waals surface area contributed by atoms with Gasteiger partial charge in [-0.1, -0.05) is 29.4 Å². The summed E-state index contributed by atoms with van der Waals surface area (Å²) in [5.74, 6) is 1.61. The van der Waals surface area contributed by atoms with Crippen molar-refractivity contribution in [3.63, 3.8) is 0 Å². The molecule has 1 unspecified atom stereocenters. The van der Waals surface area contributed by atoms with Crippen LogP contribution in [0.15, 0.2) is 34.9 Å². The standard InChI is InChI=1S/C25H32N4O3/c1-16-10-21(27-25(31)22-13-23(32-28-22)18-6-7-18)8-9-29(16)24(30)12-17-11-19-4-2-3-5-20(19)15-26-14-17/h2-5,13,16-18,21,26H,6-12,14-15H2,1H3,(H,27,31)/t16-,17?,21+/m0/s1. The Bertz CT molecular complexity index is 983. The quantitative estimate of drug-likeness (QED) is 0.752. The van der Waals surface area contributed by atoms with Gasteiger partial charge in [0, 0.05) is 43.6 Å². The van der Waals surface area contributed by atoms with Crippen molar-refractivity contribution in [3.8, 4) is 0 Å². The molecule has 0 spiro atoms. The number of piperidine rings is 1. The Balaban J connectivity index is 1.13. The molecule has 32 heavy (non-hydrogen) atoms. The molecule has 2 N–H and O–H groups in total. The smallest absolute Gasteiger partial charge is 0.273 e. The first kappa shape index (κ1) is 21.2. The highest BCUT2D eigenvalue weighted by atomic mass is 16.5. The molecule has 1 saturated carbocycles. The number of carbonyl (C=O) groups is 2. The van der Waals surface area contributed by atoms with Gasteiger partial charge in [-0.2, -0.15) is 0 Å². The molecule has 2 aliphatic heterocycles. The van der Waals surface area contributed by atoms with Gasteiger partial charge < -0.3 is 20.1 Å². The summed E-state index contributed by atoms with van der Waals surface area (Å²) in [6.07, 6.45) is 5.26. The van der Waals surface area contributed by atoms with Gasteiger partial charge >= 0.3 is 0 Å². The summed E-state index contributed by atoms with van der Waals surface area (Å²) in [6.45, 7) is 4.49. The van der Waals surface area contributed by atoms with Gasteiger partial charge in [-0.3, -0.25) is 9.59 Å². The van der Waals surface area contributed by atoms with Gasteiger partial charge in [-0.25, -0.2) is 0 Å². The van der Waals surface area contributed by atoms with Gasteiger partial charge in [0.25, 0.3) is 5.91 Å². The lowest BCUT2D eigenvalue weighted by Gasteiger charge is -2.38. The molecule has 5 rings (SSSR count). The van der Waals surface area contributed by atoms with Crippen LogP contribution in [0.25, 0.3) is 0 Å². The summed E-state index contributed by atoms with van der Waals surface area (Å²) in [5, 5.41) is 10.5. The summed E-state index contributed by atoms with van der Waals surface area (Å²) in [5.41, 5.74) is 3.05. The van der Waals surface area contributed by atoms with Crippen molar-refractivity contribution < 1.29 is 14.1 Å². The number of benzene rings is 1. The van der Waals surface area contributed by atoms with E-state index in [1.54, 1.807) is 6.07 Å². The normalized spacial score (nSPS) is 25.7. The minimum Gasteiger partial charge on any atom is -0.360 e. The Kier molecular flexibility index (Phi) is 6.00. The van der Waals surface area contributed by atoms with Crippen LogP contribution in [-0.2, 0) is 17.8 Å². The first-order valence-electron chi connectivity index (χ1n) is 11.9. The third-order valence-electron chi connectivity index (χ3n) is 7.11. The maximum atomic E-state index is 13.1. The Morgan fingerprint density at radius 1 is 1.22 bits per heavy atom. The molecular formula is C25H32N4O3. The zero-order chi connectivity index (χ0) is 22.1. The Morgan fingerprint density at radius 3 is 2.81 bits per heavy atom. The molecule has 3 heterocycles. The molecular weight excluding hydrogens is 404 g/mol. The van der Waals surface area contributed by atoms with E-state index in [-0.39, 0.29) is 23.9 Å². The maximum absolute atomic E-state index is 13.1. The van der Waals surface area contributed by atoms with Crippen LogP contribution in [-0.4, -0.2) is 47.0 Å². The largest absolute Gasteiger partial charge is 0.360 e. The van der Waals surface area contributed by atoms with Crippen LogP contribution in [0.1, 0.15) is 72.3 Å². The molecule has 7 heteroatoms. The van der Waals surface area contributed by atoms with Crippen LogP contribution < -0.4 is 10.6 Å². The molecule has 2 fully saturated rings. The highest BCUT2D eigenvalue weighted by Gasteiger charge is 2.32. The molecule has 2 amide bonds. The summed E-state index contributed by atoms with van der Waals surface area (Å²) in [6, 6.07) is 10.4. The predicted octanol–water partition coefficient (Wildman–Crippen LogP) is 3.01. The lowest BCUT2D eigenvalue weighted by Crippen LogP contribution is -2.51. The molecule has 0 bridgehead atoms. The average molecular weight is 437 g/mol. The molecule has 0 radical (unpaired) electrons. The first-order chi connectivity index (χ1) is 15.6. The molecule has 2 aromatic rings. The number of nitrogens with one attached hydrogen (secondary N) is 2. The zero-order valence-corrected chi connectivity index (χ0v) is 18.7. The van der Waals surface area contributed by atoms with Crippen molar-refractivity contribution in [2.75, 3.05) is 13.1 Å². The minimum atomic E-state index is -0.180.